The normalized spacial score (nSPS) is 10.7. The molecule has 3 aromatic carbocycles. The largest absolute Gasteiger partial charge is 0.497 e. The Morgan fingerprint density at radius 2 is 1.61 bits per heavy atom. The van der Waals surface area contributed by atoms with Gasteiger partial charge in [0.1, 0.15) is 11.6 Å². The predicted molar refractivity (Wildman–Crippen MR) is 120 cm³/mol. The molecule has 158 valence electrons. The second kappa shape index (κ2) is 8.39. The summed E-state index contributed by atoms with van der Waals surface area (Å²) < 4.78 is 15.9. The highest BCUT2D eigenvalue weighted by molar-refractivity contribution is 6.05. The summed E-state index contributed by atoms with van der Waals surface area (Å²) >= 11 is 0. The summed E-state index contributed by atoms with van der Waals surface area (Å²) in [7, 11) is 4.78. The standard InChI is InChI=1S/C24H23N3O4/c1-14-5-6-16(11-18(14)27-24(28)15-7-9-17(29-2)10-8-15)23-25-19-12-21(30-3)22(31-4)13-20(19)26-23/h5-13H,1-4H3,(H,25,26)(H,27,28). The van der Waals surface area contributed by atoms with Crippen molar-refractivity contribution in [3.63, 3.8) is 0 Å². The molecule has 0 saturated carbocycles. The molecule has 0 saturated heterocycles. The number of amides is 1. The van der Waals surface area contributed by atoms with Crippen molar-refractivity contribution in [3.05, 3.63) is 65.7 Å². The molecule has 0 atom stereocenters. The zero-order valence-corrected chi connectivity index (χ0v) is 17.8. The van der Waals surface area contributed by atoms with Crippen LogP contribution in [-0.4, -0.2) is 37.2 Å². The number of aryl methyl sites for hydroxylation is 1. The van der Waals surface area contributed by atoms with Crippen molar-refractivity contribution in [3.8, 4) is 28.6 Å². The minimum absolute atomic E-state index is 0.193. The van der Waals surface area contributed by atoms with E-state index in [0.717, 1.165) is 22.2 Å². The maximum atomic E-state index is 12.7. The van der Waals surface area contributed by atoms with E-state index in [9.17, 15) is 4.79 Å². The van der Waals surface area contributed by atoms with Crippen LogP contribution in [0.5, 0.6) is 17.2 Å². The van der Waals surface area contributed by atoms with E-state index in [1.807, 2.05) is 37.3 Å². The SMILES string of the molecule is COc1ccc(C(=O)Nc2cc(-c3nc4cc(OC)c(OC)cc4[nH]3)ccc2C)cc1. The van der Waals surface area contributed by atoms with Gasteiger partial charge in [-0.15, -0.1) is 0 Å². The number of rotatable bonds is 6. The van der Waals surface area contributed by atoms with Crippen LogP contribution in [0.25, 0.3) is 22.4 Å². The van der Waals surface area contributed by atoms with Gasteiger partial charge in [-0.05, 0) is 42.8 Å². The molecular formula is C24H23N3O4. The molecule has 7 nitrogen and oxygen atoms in total. The van der Waals surface area contributed by atoms with Gasteiger partial charge in [0.05, 0.1) is 32.4 Å². The summed E-state index contributed by atoms with van der Waals surface area (Å²) in [5.41, 5.74) is 4.66. The number of fused-ring (bicyclic) bond motifs is 1. The highest BCUT2D eigenvalue weighted by Crippen LogP contribution is 2.33. The summed E-state index contributed by atoms with van der Waals surface area (Å²) in [6.07, 6.45) is 0. The van der Waals surface area contributed by atoms with E-state index >= 15 is 0 Å². The molecule has 1 heterocycles. The molecule has 0 aliphatic rings. The third kappa shape index (κ3) is 4.02. The molecule has 0 bridgehead atoms. The number of methoxy groups -OCH3 is 3. The first-order valence-corrected chi connectivity index (χ1v) is 9.70. The van der Waals surface area contributed by atoms with Gasteiger partial charge >= 0.3 is 0 Å². The van der Waals surface area contributed by atoms with E-state index in [-0.39, 0.29) is 5.91 Å². The van der Waals surface area contributed by atoms with Crippen molar-refractivity contribution in [2.45, 2.75) is 6.92 Å². The van der Waals surface area contributed by atoms with Gasteiger partial charge in [-0.2, -0.15) is 0 Å². The first-order chi connectivity index (χ1) is 15.0. The number of hydrogen-bond acceptors (Lipinski definition) is 5. The van der Waals surface area contributed by atoms with E-state index in [0.29, 0.717) is 34.3 Å². The minimum Gasteiger partial charge on any atom is -0.497 e. The minimum atomic E-state index is -0.193. The highest BCUT2D eigenvalue weighted by Gasteiger charge is 2.13. The lowest BCUT2D eigenvalue weighted by Crippen LogP contribution is -2.12. The van der Waals surface area contributed by atoms with Gasteiger partial charge in [0, 0.05) is 28.9 Å². The fourth-order valence-electron chi connectivity index (χ4n) is 3.31. The van der Waals surface area contributed by atoms with Gasteiger partial charge in [-0.1, -0.05) is 12.1 Å². The second-order valence-electron chi connectivity index (χ2n) is 7.02. The molecule has 0 unspecified atom stereocenters. The van der Waals surface area contributed by atoms with E-state index in [1.165, 1.54) is 0 Å². The third-order valence-electron chi connectivity index (χ3n) is 5.10. The molecular weight excluding hydrogens is 394 g/mol. The van der Waals surface area contributed by atoms with Crippen LogP contribution in [0.15, 0.2) is 54.6 Å². The number of anilines is 1. The summed E-state index contributed by atoms with van der Waals surface area (Å²) in [6, 6.07) is 16.5. The predicted octanol–water partition coefficient (Wildman–Crippen LogP) is 4.82. The maximum absolute atomic E-state index is 12.7. The zero-order valence-electron chi connectivity index (χ0n) is 17.8. The van der Waals surface area contributed by atoms with Crippen molar-refractivity contribution >= 4 is 22.6 Å². The van der Waals surface area contributed by atoms with Crippen molar-refractivity contribution in [1.29, 1.82) is 0 Å². The van der Waals surface area contributed by atoms with Crippen LogP contribution in [0.4, 0.5) is 5.69 Å². The summed E-state index contributed by atoms with van der Waals surface area (Å²) in [6.45, 7) is 1.95. The average molecular weight is 417 g/mol. The molecule has 0 aliphatic carbocycles. The van der Waals surface area contributed by atoms with Crippen LogP contribution < -0.4 is 19.5 Å². The summed E-state index contributed by atoms with van der Waals surface area (Å²) in [5.74, 6) is 2.44. The Kier molecular flexibility index (Phi) is 5.49. The lowest BCUT2D eigenvalue weighted by atomic mass is 10.1. The molecule has 0 aliphatic heterocycles. The van der Waals surface area contributed by atoms with Crippen LogP contribution in [0.3, 0.4) is 0 Å². The number of carbonyl (C=O) groups excluding carboxylic acids is 1. The lowest BCUT2D eigenvalue weighted by molar-refractivity contribution is 0.102. The number of nitrogens with one attached hydrogen (secondary N) is 2. The first kappa shape index (κ1) is 20.3. The monoisotopic (exact) mass is 417 g/mol. The van der Waals surface area contributed by atoms with Crippen LogP contribution in [-0.2, 0) is 0 Å². The fourth-order valence-corrected chi connectivity index (χ4v) is 3.31. The van der Waals surface area contributed by atoms with Gasteiger partial charge in [-0.3, -0.25) is 4.79 Å². The van der Waals surface area contributed by atoms with Gasteiger partial charge in [-0.25, -0.2) is 4.98 Å². The number of ether oxygens (including phenoxy) is 3. The number of benzene rings is 3. The summed E-state index contributed by atoms with van der Waals surface area (Å²) in [4.78, 5) is 20.7. The Balaban J connectivity index is 1.64. The fraction of sp³-hybridized carbons (Fsp3) is 0.167. The Hall–Kier alpha value is -4.00. The molecule has 2 N–H and O–H groups in total. The molecule has 1 amide bonds. The number of aromatic amines is 1. The Labute approximate surface area is 180 Å². The van der Waals surface area contributed by atoms with Gasteiger partial charge in [0.25, 0.3) is 5.91 Å². The third-order valence-corrected chi connectivity index (χ3v) is 5.10. The maximum Gasteiger partial charge on any atom is 0.255 e. The van der Waals surface area contributed by atoms with Crippen LogP contribution in [0, 0.1) is 6.92 Å². The molecule has 7 heteroatoms. The summed E-state index contributed by atoms with van der Waals surface area (Å²) in [5, 5.41) is 2.98. The van der Waals surface area contributed by atoms with Gasteiger partial charge in [0.15, 0.2) is 11.5 Å². The van der Waals surface area contributed by atoms with Gasteiger partial charge < -0.3 is 24.5 Å². The van der Waals surface area contributed by atoms with Crippen molar-refractivity contribution in [2.24, 2.45) is 0 Å². The Morgan fingerprint density at radius 1 is 0.903 bits per heavy atom. The van der Waals surface area contributed by atoms with Crippen LogP contribution in [0.1, 0.15) is 15.9 Å². The van der Waals surface area contributed by atoms with E-state index in [2.05, 4.69) is 15.3 Å². The molecule has 1 aromatic heterocycles. The lowest BCUT2D eigenvalue weighted by Gasteiger charge is -2.10. The number of hydrogen-bond donors (Lipinski definition) is 2. The van der Waals surface area contributed by atoms with Crippen LogP contribution in [0.2, 0.25) is 0 Å². The van der Waals surface area contributed by atoms with Crippen molar-refractivity contribution < 1.29 is 19.0 Å². The Morgan fingerprint density at radius 3 is 2.29 bits per heavy atom. The quantitative estimate of drug-likeness (QED) is 0.470. The number of nitrogens with zero attached hydrogens (tertiary/aromatic N) is 1. The van der Waals surface area contributed by atoms with Crippen molar-refractivity contribution in [2.75, 3.05) is 26.6 Å². The smallest absolute Gasteiger partial charge is 0.255 e. The van der Waals surface area contributed by atoms with E-state index in [1.54, 1.807) is 45.6 Å². The Bertz CT molecular complexity index is 1200. The zero-order chi connectivity index (χ0) is 22.0. The first-order valence-electron chi connectivity index (χ1n) is 9.70. The molecule has 0 radical (unpaired) electrons. The number of H-pyrrole nitrogens is 1. The molecule has 4 rings (SSSR count). The molecule has 0 spiro atoms. The highest BCUT2D eigenvalue weighted by atomic mass is 16.5. The van der Waals surface area contributed by atoms with Gasteiger partial charge in [0.2, 0.25) is 0 Å². The number of carbonyl (C=O) groups is 1. The number of aromatic nitrogens is 2. The molecule has 31 heavy (non-hydrogen) atoms. The average Bonchev–Trinajstić information content (AvgIpc) is 3.22. The molecule has 4 aromatic rings. The van der Waals surface area contributed by atoms with Crippen LogP contribution >= 0.6 is 0 Å². The van der Waals surface area contributed by atoms with E-state index in [4.69, 9.17) is 14.2 Å². The van der Waals surface area contributed by atoms with E-state index < -0.39 is 0 Å². The topological polar surface area (TPSA) is 85.5 Å². The second-order valence-corrected chi connectivity index (χ2v) is 7.02. The number of imidazole rings is 1. The van der Waals surface area contributed by atoms with Crippen molar-refractivity contribution in [1.82, 2.24) is 9.97 Å². The molecule has 0 fully saturated rings.